The van der Waals surface area contributed by atoms with Gasteiger partial charge in [-0.1, -0.05) is 32.0 Å². The monoisotopic (exact) mass is 403 g/mol. The van der Waals surface area contributed by atoms with Gasteiger partial charge in [0.05, 0.1) is 11.4 Å². The van der Waals surface area contributed by atoms with E-state index in [0.717, 1.165) is 5.69 Å². The van der Waals surface area contributed by atoms with Crippen molar-refractivity contribution in [2.45, 2.75) is 20.8 Å². The maximum Gasteiger partial charge on any atom is 0.225 e. The summed E-state index contributed by atoms with van der Waals surface area (Å²) in [6, 6.07) is 9.26. The Morgan fingerprint density at radius 1 is 1.26 bits per heavy atom. The zero-order valence-electron chi connectivity index (χ0n) is 11.0. The average Bonchev–Trinajstić information content (AvgIpc) is 2.65. The molecule has 0 atom stereocenters. The fraction of sp³-hybridized carbons (Fsp3) is 0.286. The number of hydrogen-bond donors (Lipinski definition) is 1. The summed E-state index contributed by atoms with van der Waals surface area (Å²) in [6.07, 6.45) is 0. The van der Waals surface area contributed by atoms with Gasteiger partial charge < -0.3 is 5.11 Å². The molecule has 0 fully saturated rings. The van der Waals surface area contributed by atoms with Gasteiger partial charge in [0.25, 0.3) is 0 Å². The molecule has 0 amide bonds. The van der Waals surface area contributed by atoms with E-state index in [9.17, 15) is 9.90 Å². The second-order valence-corrected chi connectivity index (χ2v) is 4.55. The number of ketones is 1. The van der Waals surface area contributed by atoms with Gasteiger partial charge in [0.2, 0.25) is 5.88 Å². The van der Waals surface area contributed by atoms with Crippen molar-refractivity contribution in [3.8, 4) is 11.6 Å². The summed E-state index contributed by atoms with van der Waals surface area (Å²) in [5.41, 5.74) is 1.60. The van der Waals surface area contributed by atoms with Crippen LogP contribution in [-0.4, -0.2) is 20.7 Å². The van der Waals surface area contributed by atoms with Crippen molar-refractivity contribution in [3.05, 3.63) is 41.6 Å². The third-order valence-corrected chi connectivity index (χ3v) is 2.81. The molecule has 1 aromatic heterocycles. The largest absolute Gasteiger partial charge is 0.493 e. The summed E-state index contributed by atoms with van der Waals surface area (Å²) >= 11 is 0. The first kappa shape index (κ1) is 16.2. The normalized spacial score (nSPS) is 10.3. The van der Waals surface area contributed by atoms with Crippen LogP contribution in [0.15, 0.2) is 30.3 Å². The Kier molecular flexibility index (Phi) is 5.61. The number of benzene rings is 1. The molecule has 5 heteroatoms. The van der Waals surface area contributed by atoms with Gasteiger partial charge in [-0.3, -0.25) is 4.79 Å². The van der Waals surface area contributed by atoms with Crippen molar-refractivity contribution < 1.29 is 48.5 Å². The summed E-state index contributed by atoms with van der Waals surface area (Å²) < 4.78 is 1.39. The van der Waals surface area contributed by atoms with Crippen LogP contribution in [0.1, 0.15) is 29.9 Å². The van der Waals surface area contributed by atoms with Crippen LogP contribution in [0, 0.1) is 51.5 Å². The van der Waals surface area contributed by atoms with E-state index in [1.165, 1.54) is 4.68 Å². The summed E-state index contributed by atoms with van der Waals surface area (Å²) in [4.78, 5) is 12.0. The Labute approximate surface area is 143 Å². The second kappa shape index (κ2) is 6.57. The SMILES string of the molecule is Cc1nn(-c2ccccc2)c(O)c1C(=O)C(C)C.[Tb]. The number of carbonyl (C=O) groups is 1. The van der Waals surface area contributed by atoms with Gasteiger partial charge in [-0.25, -0.2) is 4.68 Å². The molecule has 0 aliphatic carbocycles. The fourth-order valence-corrected chi connectivity index (χ4v) is 1.84. The van der Waals surface area contributed by atoms with E-state index in [1.807, 2.05) is 30.3 Å². The van der Waals surface area contributed by atoms with E-state index < -0.39 is 0 Å². The molecule has 103 valence electrons. The number of aromatic nitrogens is 2. The molecule has 0 unspecified atom stereocenters. The van der Waals surface area contributed by atoms with Crippen LogP contribution in [0.5, 0.6) is 5.88 Å². The molecule has 0 aliphatic rings. The topological polar surface area (TPSA) is 55.1 Å². The first-order valence-electron chi connectivity index (χ1n) is 5.90. The van der Waals surface area contributed by atoms with Gasteiger partial charge in [0, 0.05) is 44.5 Å². The van der Waals surface area contributed by atoms with Gasteiger partial charge in [-0.05, 0) is 19.1 Å². The quantitative estimate of drug-likeness (QED) is 0.803. The van der Waals surface area contributed by atoms with E-state index in [4.69, 9.17) is 0 Å². The van der Waals surface area contributed by atoms with Gasteiger partial charge in [0.1, 0.15) is 5.56 Å². The summed E-state index contributed by atoms with van der Waals surface area (Å²) in [6.45, 7) is 5.34. The average molecular weight is 403 g/mol. The molecule has 0 spiro atoms. The maximum absolute atomic E-state index is 12.0. The Morgan fingerprint density at radius 3 is 2.37 bits per heavy atom. The molecule has 1 heterocycles. The minimum absolute atomic E-state index is 0. The zero-order chi connectivity index (χ0) is 13.3. The van der Waals surface area contributed by atoms with Crippen LogP contribution < -0.4 is 0 Å². The standard InChI is InChI=1S/C14H16N2O2.Tb/c1-9(2)13(17)12-10(3)15-16(14(12)18)11-7-5-4-6-8-11;/h4-9,18H,1-3H3;. The number of para-hydroxylation sites is 1. The molecule has 1 N–H and O–H groups in total. The number of rotatable bonds is 3. The van der Waals surface area contributed by atoms with Crippen molar-refractivity contribution in [1.29, 1.82) is 0 Å². The predicted octanol–water partition coefficient (Wildman–Crippen LogP) is 2.73. The number of aromatic hydroxyl groups is 1. The molecule has 0 bridgehead atoms. The van der Waals surface area contributed by atoms with Crippen molar-refractivity contribution in [2.24, 2.45) is 5.92 Å². The minimum Gasteiger partial charge on any atom is -0.493 e. The Bertz CT molecular complexity index is 577. The Morgan fingerprint density at radius 2 is 1.84 bits per heavy atom. The third-order valence-electron chi connectivity index (χ3n) is 2.81. The van der Waals surface area contributed by atoms with E-state index in [1.54, 1.807) is 20.8 Å². The van der Waals surface area contributed by atoms with Crippen LogP contribution in [0.4, 0.5) is 0 Å². The van der Waals surface area contributed by atoms with Crippen molar-refractivity contribution in [2.75, 3.05) is 0 Å². The fourth-order valence-electron chi connectivity index (χ4n) is 1.84. The molecule has 0 saturated heterocycles. The molecule has 0 aliphatic heterocycles. The first-order valence-corrected chi connectivity index (χ1v) is 5.90. The van der Waals surface area contributed by atoms with E-state index in [-0.39, 0.29) is 56.2 Å². The second-order valence-electron chi connectivity index (χ2n) is 4.55. The smallest absolute Gasteiger partial charge is 0.225 e. The van der Waals surface area contributed by atoms with Crippen LogP contribution >= 0.6 is 0 Å². The molecular formula is C14H16N2O2Tb. The van der Waals surface area contributed by atoms with Gasteiger partial charge >= 0.3 is 0 Å². The number of nitrogens with zero attached hydrogens (tertiary/aromatic N) is 2. The first-order chi connectivity index (χ1) is 8.52. The third kappa shape index (κ3) is 3.20. The van der Waals surface area contributed by atoms with E-state index >= 15 is 0 Å². The van der Waals surface area contributed by atoms with Crippen LogP contribution in [0.25, 0.3) is 5.69 Å². The molecule has 0 saturated carbocycles. The Hall–Kier alpha value is -0.814. The van der Waals surface area contributed by atoms with Crippen molar-refractivity contribution in [3.63, 3.8) is 0 Å². The molecule has 2 rings (SSSR count). The van der Waals surface area contributed by atoms with Gasteiger partial charge in [-0.2, -0.15) is 5.10 Å². The van der Waals surface area contributed by atoms with Crippen LogP contribution in [0.3, 0.4) is 0 Å². The van der Waals surface area contributed by atoms with E-state index in [0.29, 0.717) is 11.3 Å². The number of aryl methyl sites for hydroxylation is 1. The van der Waals surface area contributed by atoms with Crippen molar-refractivity contribution >= 4 is 5.78 Å². The summed E-state index contributed by atoms with van der Waals surface area (Å²) in [5.74, 6) is -0.340. The number of hydrogen-bond acceptors (Lipinski definition) is 3. The van der Waals surface area contributed by atoms with Gasteiger partial charge in [-0.15, -0.1) is 0 Å². The van der Waals surface area contributed by atoms with Crippen molar-refractivity contribution in [1.82, 2.24) is 9.78 Å². The van der Waals surface area contributed by atoms with Crippen LogP contribution in [0.2, 0.25) is 0 Å². The zero-order valence-corrected chi connectivity index (χ0v) is 13.2. The minimum atomic E-state index is -0.164. The summed E-state index contributed by atoms with van der Waals surface area (Å²) in [7, 11) is 0. The molecule has 1 radical (unpaired) electrons. The van der Waals surface area contributed by atoms with E-state index in [2.05, 4.69) is 5.10 Å². The predicted molar refractivity (Wildman–Crippen MR) is 69.1 cm³/mol. The molecule has 19 heavy (non-hydrogen) atoms. The summed E-state index contributed by atoms with van der Waals surface area (Å²) in [5, 5.41) is 14.4. The van der Waals surface area contributed by atoms with Gasteiger partial charge in [0.15, 0.2) is 5.78 Å². The van der Waals surface area contributed by atoms with Crippen LogP contribution in [-0.2, 0) is 0 Å². The maximum atomic E-state index is 12.0. The molecule has 4 nitrogen and oxygen atoms in total. The molecule has 2 aromatic rings. The number of carbonyl (C=O) groups excluding carboxylic acids is 1. The number of Topliss-reactive ketones (excluding diaryl/α,β-unsaturated/α-hetero) is 1. The molecular weight excluding hydrogens is 387 g/mol. The molecule has 1 aromatic carbocycles. The Balaban J connectivity index is 0.00000180.